The van der Waals surface area contributed by atoms with Crippen molar-refractivity contribution in [2.45, 2.75) is 18.8 Å². The van der Waals surface area contributed by atoms with Crippen LogP contribution in [0.2, 0.25) is 0 Å². The molecule has 7 heteroatoms. The number of likely N-dealkylation sites (tertiary alicyclic amines) is 1. The minimum atomic E-state index is -0.463. The average Bonchev–Trinajstić information content (AvgIpc) is 3.16. The summed E-state index contributed by atoms with van der Waals surface area (Å²) in [6.45, 7) is 1.23. The summed E-state index contributed by atoms with van der Waals surface area (Å²) in [6.07, 6.45) is 10.5. The molecule has 1 unspecified atom stereocenters. The smallest absolute Gasteiger partial charge is 0.321 e. The number of aromatic nitrogens is 2. The van der Waals surface area contributed by atoms with Gasteiger partial charge in [0, 0.05) is 37.5 Å². The third kappa shape index (κ3) is 4.10. The minimum absolute atomic E-state index is 0.0405. The van der Waals surface area contributed by atoms with Crippen molar-refractivity contribution in [2.24, 2.45) is 0 Å². The maximum Gasteiger partial charge on any atom is 0.321 e. The fourth-order valence-electron chi connectivity index (χ4n) is 2.92. The highest BCUT2D eigenvalue weighted by Gasteiger charge is 2.26. The Morgan fingerprint density at radius 2 is 2.44 bits per heavy atom. The summed E-state index contributed by atoms with van der Waals surface area (Å²) in [5, 5.41) is 2.72. The molecule has 1 atom stereocenters. The Morgan fingerprint density at radius 3 is 3.20 bits per heavy atom. The predicted molar refractivity (Wildman–Crippen MR) is 91.9 cm³/mol. The molecule has 1 aromatic carbocycles. The molecular weight excluding hydrogens is 323 g/mol. The number of hydrogen-bond acceptors (Lipinski definition) is 3. The van der Waals surface area contributed by atoms with Crippen LogP contribution in [0.15, 0.2) is 30.6 Å². The molecule has 0 radical (unpaired) electrons. The number of carbonyl (C=O) groups is 1. The van der Waals surface area contributed by atoms with Crippen LogP contribution in [-0.2, 0) is 0 Å². The van der Waals surface area contributed by atoms with E-state index in [0.717, 1.165) is 18.7 Å². The van der Waals surface area contributed by atoms with Gasteiger partial charge in [-0.05, 0) is 25.0 Å². The maximum atomic E-state index is 13.5. The SMILES string of the molecule is C#CCOc1ccc(F)cc1NC(=O)N1CCCC(c2ncc[nH]2)C1. The number of terminal acetylenes is 1. The van der Waals surface area contributed by atoms with E-state index in [4.69, 9.17) is 11.2 Å². The lowest BCUT2D eigenvalue weighted by atomic mass is 9.98. The Hall–Kier alpha value is -3.01. The van der Waals surface area contributed by atoms with E-state index < -0.39 is 5.82 Å². The lowest BCUT2D eigenvalue weighted by Crippen LogP contribution is -2.41. The van der Waals surface area contributed by atoms with Crippen molar-refractivity contribution in [2.75, 3.05) is 25.0 Å². The molecule has 1 fully saturated rings. The van der Waals surface area contributed by atoms with Gasteiger partial charge in [0.15, 0.2) is 0 Å². The number of halogens is 1. The summed E-state index contributed by atoms with van der Waals surface area (Å²) in [5.74, 6) is 3.27. The highest BCUT2D eigenvalue weighted by molar-refractivity contribution is 5.91. The number of rotatable bonds is 4. The van der Waals surface area contributed by atoms with E-state index in [1.165, 1.54) is 18.2 Å². The topological polar surface area (TPSA) is 70.2 Å². The van der Waals surface area contributed by atoms with Gasteiger partial charge in [-0.2, -0.15) is 0 Å². The number of piperidine rings is 1. The van der Waals surface area contributed by atoms with Crippen LogP contribution in [0.4, 0.5) is 14.9 Å². The number of H-pyrrole nitrogens is 1. The van der Waals surface area contributed by atoms with E-state index in [1.807, 2.05) is 0 Å². The van der Waals surface area contributed by atoms with Gasteiger partial charge < -0.3 is 19.9 Å². The van der Waals surface area contributed by atoms with Gasteiger partial charge in [-0.1, -0.05) is 5.92 Å². The first-order valence-corrected chi connectivity index (χ1v) is 8.08. The highest BCUT2D eigenvalue weighted by Crippen LogP contribution is 2.28. The quantitative estimate of drug-likeness (QED) is 0.839. The van der Waals surface area contributed by atoms with Crippen molar-refractivity contribution < 1.29 is 13.9 Å². The van der Waals surface area contributed by atoms with E-state index in [0.29, 0.717) is 18.8 Å². The number of hydrogen-bond donors (Lipinski definition) is 2. The van der Waals surface area contributed by atoms with Gasteiger partial charge in [0.1, 0.15) is 24.0 Å². The molecule has 1 saturated heterocycles. The van der Waals surface area contributed by atoms with Crippen molar-refractivity contribution in [1.82, 2.24) is 14.9 Å². The number of nitrogens with zero attached hydrogens (tertiary/aromatic N) is 2. The van der Waals surface area contributed by atoms with Crippen molar-refractivity contribution in [3.63, 3.8) is 0 Å². The van der Waals surface area contributed by atoms with Crippen LogP contribution in [0.5, 0.6) is 5.75 Å². The molecule has 25 heavy (non-hydrogen) atoms. The number of nitrogens with one attached hydrogen (secondary N) is 2. The van der Waals surface area contributed by atoms with E-state index in [-0.39, 0.29) is 24.2 Å². The van der Waals surface area contributed by atoms with Gasteiger partial charge in [0.2, 0.25) is 0 Å². The molecule has 130 valence electrons. The summed E-state index contributed by atoms with van der Waals surface area (Å²) in [6, 6.07) is 3.63. The van der Waals surface area contributed by atoms with Gasteiger partial charge in [-0.25, -0.2) is 14.2 Å². The second-order valence-electron chi connectivity index (χ2n) is 5.82. The lowest BCUT2D eigenvalue weighted by Gasteiger charge is -2.32. The van der Waals surface area contributed by atoms with Crippen LogP contribution in [0.25, 0.3) is 0 Å². The standard InChI is InChI=1S/C18H19FN4O2/c1-2-10-25-16-6-5-14(19)11-15(16)22-18(24)23-9-3-4-13(12-23)17-20-7-8-21-17/h1,5-8,11,13H,3-4,9-10,12H2,(H,20,21)(H,22,24). The van der Waals surface area contributed by atoms with Crippen LogP contribution >= 0.6 is 0 Å². The van der Waals surface area contributed by atoms with E-state index in [1.54, 1.807) is 17.3 Å². The van der Waals surface area contributed by atoms with Crippen LogP contribution in [0, 0.1) is 18.2 Å². The van der Waals surface area contributed by atoms with E-state index >= 15 is 0 Å². The van der Waals surface area contributed by atoms with Crippen LogP contribution in [0.1, 0.15) is 24.6 Å². The second-order valence-corrected chi connectivity index (χ2v) is 5.82. The Bertz CT molecular complexity index is 770. The molecule has 2 amide bonds. The highest BCUT2D eigenvalue weighted by atomic mass is 19.1. The van der Waals surface area contributed by atoms with Crippen molar-refractivity contribution in [3.05, 3.63) is 42.2 Å². The molecule has 6 nitrogen and oxygen atoms in total. The normalized spacial score (nSPS) is 17.0. The molecule has 1 aromatic heterocycles. The molecule has 1 aliphatic rings. The predicted octanol–water partition coefficient (Wildman–Crippen LogP) is 2.97. The van der Waals surface area contributed by atoms with Crippen molar-refractivity contribution in [3.8, 4) is 18.1 Å². The van der Waals surface area contributed by atoms with Crippen LogP contribution in [-0.4, -0.2) is 40.6 Å². The molecule has 3 rings (SSSR count). The fourth-order valence-corrected chi connectivity index (χ4v) is 2.92. The number of imidazole rings is 1. The number of benzene rings is 1. The van der Waals surface area contributed by atoms with Gasteiger partial charge in [-0.3, -0.25) is 0 Å². The molecule has 0 aliphatic carbocycles. The number of urea groups is 1. The maximum absolute atomic E-state index is 13.5. The average molecular weight is 342 g/mol. The summed E-state index contributed by atoms with van der Waals surface area (Å²) in [7, 11) is 0. The van der Waals surface area contributed by atoms with Crippen LogP contribution < -0.4 is 10.1 Å². The second kappa shape index (κ2) is 7.71. The Balaban J connectivity index is 1.69. The zero-order valence-electron chi connectivity index (χ0n) is 13.7. The number of anilines is 1. The number of amides is 2. The number of carbonyl (C=O) groups excluding carboxylic acids is 1. The van der Waals surface area contributed by atoms with Gasteiger partial charge in [-0.15, -0.1) is 6.42 Å². The number of ether oxygens (including phenoxy) is 1. The molecule has 1 aliphatic heterocycles. The summed E-state index contributed by atoms with van der Waals surface area (Å²) in [5.41, 5.74) is 0.264. The van der Waals surface area contributed by atoms with Gasteiger partial charge in [0.05, 0.1) is 5.69 Å². The largest absolute Gasteiger partial charge is 0.479 e. The molecule has 2 N–H and O–H groups in total. The molecule has 0 saturated carbocycles. The molecule has 2 heterocycles. The monoisotopic (exact) mass is 342 g/mol. The minimum Gasteiger partial charge on any atom is -0.479 e. The molecule has 0 bridgehead atoms. The Kier molecular flexibility index (Phi) is 5.19. The Labute approximate surface area is 145 Å². The summed E-state index contributed by atoms with van der Waals surface area (Å²) >= 11 is 0. The van der Waals surface area contributed by atoms with Crippen LogP contribution in [0.3, 0.4) is 0 Å². The summed E-state index contributed by atoms with van der Waals surface area (Å²) in [4.78, 5) is 21.7. The Morgan fingerprint density at radius 1 is 1.56 bits per heavy atom. The van der Waals surface area contributed by atoms with Gasteiger partial charge >= 0.3 is 6.03 Å². The van der Waals surface area contributed by atoms with E-state index in [9.17, 15) is 9.18 Å². The molecular formula is C18H19FN4O2. The first-order valence-electron chi connectivity index (χ1n) is 8.08. The lowest BCUT2D eigenvalue weighted by molar-refractivity contribution is 0.191. The van der Waals surface area contributed by atoms with E-state index in [2.05, 4.69) is 21.2 Å². The zero-order chi connectivity index (χ0) is 17.6. The molecule has 0 spiro atoms. The van der Waals surface area contributed by atoms with Gasteiger partial charge in [0.25, 0.3) is 0 Å². The number of aromatic amines is 1. The molecule has 2 aromatic rings. The zero-order valence-corrected chi connectivity index (χ0v) is 13.7. The van der Waals surface area contributed by atoms with Crippen molar-refractivity contribution in [1.29, 1.82) is 0 Å². The first kappa shape index (κ1) is 16.8. The van der Waals surface area contributed by atoms with Crippen molar-refractivity contribution >= 4 is 11.7 Å². The summed E-state index contributed by atoms with van der Waals surface area (Å²) < 4.78 is 18.9. The third-order valence-corrected chi connectivity index (χ3v) is 4.11. The fraction of sp³-hybridized carbons (Fsp3) is 0.333. The first-order chi connectivity index (χ1) is 12.2. The third-order valence-electron chi connectivity index (χ3n) is 4.11.